The summed E-state index contributed by atoms with van der Waals surface area (Å²) in [7, 11) is 1.60. The summed E-state index contributed by atoms with van der Waals surface area (Å²) in [6, 6.07) is 10.8. The molecule has 0 aliphatic carbocycles. The number of imide groups is 1. The van der Waals surface area contributed by atoms with E-state index in [1.165, 1.54) is 4.90 Å². The minimum atomic E-state index is -0.280. The number of carbonyl (C=O) groups is 2. The van der Waals surface area contributed by atoms with Gasteiger partial charge in [0.15, 0.2) is 0 Å². The van der Waals surface area contributed by atoms with Crippen LogP contribution in [-0.4, -0.2) is 41.8 Å². The summed E-state index contributed by atoms with van der Waals surface area (Å²) in [6.07, 6.45) is 2.67. The van der Waals surface area contributed by atoms with Crippen molar-refractivity contribution in [2.45, 2.75) is 26.8 Å². The highest BCUT2D eigenvalue weighted by Crippen LogP contribution is 2.36. The number of rotatable bonds is 5. The Labute approximate surface area is 170 Å². The highest BCUT2D eigenvalue weighted by Gasteiger charge is 2.43. The molecule has 0 radical (unpaired) electrons. The van der Waals surface area contributed by atoms with E-state index in [0.717, 1.165) is 25.1 Å². The van der Waals surface area contributed by atoms with Crippen molar-refractivity contribution < 1.29 is 18.7 Å². The normalized spacial score (nSPS) is 22.6. The summed E-state index contributed by atoms with van der Waals surface area (Å²) >= 11 is 0. The minimum absolute atomic E-state index is 0.132. The Balaban J connectivity index is 1.75. The fraction of sp³-hybridized carbons (Fsp3) is 0.391. The summed E-state index contributed by atoms with van der Waals surface area (Å²) < 4.78 is 10.6. The first-order valence-corrected chi connectivity index (χ1v) is 10.00. The van der Waals surface area contributed by atoms with Crippen LogP contribution in [0.4, 0.5) is 0 Å². The Hall–Kier alpha value is -3.02. The summed E-state index contributed by atoms with van der Waals surface area (Å²) in [4.78, 5) is 30.1. The molecule has 2 aliphatic rings. The number of hydrogen-bond acceptors (Lipinski definition) is 5. The molecule has 1 aromatic carbocycles. The summed E-state index contributed by atoms with van der Waals surface area (Å²) in [6.45, 7) is 6.06. The van der Waals surface area contributed by atoms with Gasteiger partial charge in [-0.1, -0.05) is 26.0 Å². The molecule has 1 fully saturated rings. The van der Waals surface area contributed by atoms with Gasteiger partial charge in [-0.15, -0.1) is 0 Å². The molecule has 2 amide bonds. The number of hydrogen-bond donors (Lipinski definition) is 0. The number of carbonyl (C=O) groups excluding carboxylic acids is 2. The summed E-state index contributed by atoms with van der Waals surface area (Å²) in [5.41, 5.74) is 1.70. The fourth-order valence-electron chi connectivity index (χ4n) is 4.42. The Morgan fingerprint density at radius 3 is 2.31 bits per heavy atom. The first-order valence-electron chi connectivity index (χ1n) is 10.00. The van der Waals surface area contributed by atoms with Gasteiger partial charge < -0.3 is 14.1 Å². The molecule has 2 aliphatic heterocycles. The first kappa shape index (κ1) is 19.3. The quantitative estimate of drug-likeness (QED) is 0.726. The minimum Gasteiger partial charge on any atom is -0.497 e. The lowest BCUT2D eigenvalue weighted by Crippen LogP contribution is -2.41. The lowest BCUT2D eigenvalue weighted by molar-refractivity contribution is -0.138. The topological polar surface area (TPSA) is 63.0 Å². The van der Waals surface area contributed by atoms with E-state index in [9.17, 15) is 9.59 Å². The second kappa shape index (κ2) is 7.78. The molecule has 0 bridgehead atoms. The Morgan fingerprint density at radius 2 is 1.72 bits per heavy atom. The van der Waals surface area contributed by atoms with E-state index in [1.54, 1.807) is 25.5 Å². The van der Waals surface area contributed by atoms with Gasteiger partial charge >= 0.3 is 0 Å². The third-order valence-corrected chi connectivity index (χ3v) is 5.60. The number of benzene rings is 1. The van der Waals surface area contributed by atoms with Crippen LogP contribution in [0, 0.1) is 11.8 Å². The van der Waals surface area contributed by atoms with Gasteiger partial charge in [0.25, 0.3) is 11.8 Å². The zero-order valence-electron chi connectivity index (χ0n) is 17.1. The number of likely N-dealkylation sites (tertiary alicyclic amines) is 1. The van der Waals surface area contributed by atoms with Crippen LogP contribution in [0.5, 0.6) is 5.75 Å². The van der Waals surface area contributed by atoms with Crippen molar-refractivity contribution in [3.8, 4) is 5.75 Å². The molecular formula is C23H26N2O4. The lowest BCUT2D eigenvalue weighted by Gasteiger charge is -2.37. The van der Waals surface area contributed by atoms with Gasteiger partial charge in [-0.05, 0) is 48.1 Å². The van der Waals surface area contributed by atoms with Crippen LogP contribution in [0.25, 0.3) is 5.57 Å². The average Bonchev–Trinajstić information content (AvgIpc) is 3.29. The van der Waals surface area contributed by atoms with Gasteiger partial charge in [-0.3, -0.25) is 14.5 Å². The fourth-order valence-corrected chi connectivity index (χ4v) is 4.42. The van der Waals surface area contributed by atoms with E-state index >= 15 is 0 Å². The van der Waals surface area contributed by atoms with Gasteiger partial charge in [0.2, 0.25) is 0 Å². The number of furan rings is 1. The van der Waals surface area contributed by atoms with E-state index in [1.807, 2.05) is 24.3 Å². The molecule has 4 rings (SSSR count). The highest BCUT2D eigenvalue weighted by molar-refractivity contribution is 6.35. The van der Waals surface area contributed by atoms with E-state index in [4.69, 9.17) is 9.15 Å². The van der Waals surface area contributed by atoms with Crippen LogP contribution in [-0.2, 0) is 16.1 Å². The predicted molar refractivity (Wildman–Crippen MR) is 109 cm³/mol. The molecule has 1 aromatic heterocycles. The number of amides is 2. The molecule has 2 unspecified atom stereocenters. The van der Waals surface area contributed by atoms with Gasteiger partial charge in [-0.25, -0.2) is 0 Å². The van der Waals surface area contributed by atoms with Crippen molar-refractivity contribution in [2.24, 2.45) is 11.8 Å². The van der Waals surface area contributed by atoms with Crippen molar-refractivity contribution in [2.75, 3.05) is 20.2 Å². The molecular weight excluding hydrogens is 368 g/mol. The van der Waals surface area contributed by atoms with Crippen LogP contribution in [0.15, 0.2) is 52.8 Å². The smallest absolute Gasteiger partial charge is 0.278 e. The standard InChI is InChI=1S/C23H26N2O4/c1-15-11-16(2)13-24(12-15)21-20(17-6-8-18(28-3)9-7-17)22(26)25(23(21)27)14-19-5-4-10-29-19/h4-10,15-16H,11-14H2,1-3H3. The maximum absolute atomic E-state index is 13.4. The first-order chi connectivity index (χ1) is 14.0. The molecule has 1 saturated heterocycles. The van der Waals surface area contributed by atoms with E-state index in [0.29, 0.717) is 34.6 Å². The number of methoxy groups -OCH3 is 1. The highest BCUT2D eigenvalue weighted by atomic mass is 16.5. The second-order valence-electron chi connectivity index (χ2n) is 8.08. The van der Waals surface area contributed by atoms with Crippen LogP contribution in [0.2, 0.25) is 0 Å². The third-order valence-electron chi connectivity index (χ3n) is 5.60. The van der Waals surface area contributed by atoms with Crippen molar-refractivity contribution in [3.63, 3.8) is 0 Å². The largest absolute Gasteiger partial charge is 0.497 e. The van der Waals surface area contributed by atoms with Crippen molar-refractivity contribution in [1.29, 1.82) is 0 Å². The van der Waals surface area contributed by atoms with Gasteiger partial charge in [0.05, 0.1) is 25.5 Å². The number of ether oxygens (including phenoxy) is 1. The molecule has 6 heteroatoms. The zero-order chi connectivity index (χ0) is 20.5. The van der Waals surface area contributed by atoms with Crippen LogP contribution in [0.3, 0.4) is 0 Å². The maximum atomic E-state index is 13.4. The third kappa shape index (κ3) is 3.67. The number of nitrogens with zero attached hydrogens (tertiary/aromatic N) is 2. The molecule has 152 valence electrons. The van der Waals surface area contributed by atoms with E-state index in [2.05, 4.69) is 18.7 Å². The van der Waals surface area contributed by atoms with Gasteiger partial charge in [-0.2, -0.15) is 0 Å². The Bertz CT molecular complexity index is 920. The summed E-state index contributed by atoms with van der Waals surface area (Å²) in [5.74, 6) is 1.69. The zero-order valence-corrected chi connectivity index (χ0v) is 17.1. The van der Waals surface area contributed by atoms with Crippen LogP contribution in [0.1, 0.15) is 31.6 Å². The SMILES string of the molecule is COc1ccc(C2=C(N3CC(C)CC(C)C3)C(=O)N(Cc3ccco3)C2=O)cc1. The molecule has 3 heterocycles. The van der Waals surface area contributed by atoms with Crippen molar-refractivity contribution >= 4 is 17.4 Å². The molecule has 0 saturated carbocycles. The average molecular weight is 394 g/mol. The molecule has 0 N–H and O–H groups in total. The summed E-state index contributed by atoms with van der Waals surface area (Å²) in [5, 5.41) is 0. The molecule has 29 heavy (non-hydrogen) atoms. The van der Waals surface area contributed by atoms with Crippen molar-refractivity contribution in [1.82, 2.24) is 9.80 Å². The second-order valence-corrected chi connectivity index (χ2v) is 8.08. The molecule has 2 atom stereocenters. The van der Waals surface area contributed by atoms with Crippen molar-refractivity contribution in [3.05, 3.63) is 59.7 Å². The monoisotopic (exact) mass is 394 g/mol. The van der Waals surface area contributed by atoms with Gasteiger partial charge in [0, 0.05) is 13.1 Å². The van der Waals surface area contributed by atoms with Crippen LogP contribution >= 0.6 is 0 Å². The molecule has 0 spiro atoms. The van der Waals surface area contributed by atoms with E-state index in [-0.39, 0.29) is 18.4 Å². The number of piperidine rings is 1. The van der Waals surface area contributed by atoms with Crippen LogP contribution < -0.4 is 4.74 Å². The Morgan fingerprint density at radius 1 is 1.03 bits per heavy atom. The molecule has 6 nitrogen and oxygen atoms in total. The lowest BCUT2D eigenvalue weighted by atomic mass is 9.91. The van der Waals surface area contributed by atoms with Gasteiger partial charge in [0.1, 0.15) is 17.2 Å². The predicted octanol–water partition coefficient (Wildman–Crippen LogP) is 3.55. The maximum Gasteiger partial charge on any atom is 0.278 e. The van der Waals surface area contributed by atoms with E-state index < -0.39 is 0 Å². The Kier molecular flexibility index (Phi) is 5.18. The molecule has 2 aromatic rings.